The van der Waals surface area contributed by atoms with Gasteiger partial charge in [0.2, 0.25) is 0 Å². The maximum atomic E-state index is 11.7. The van der Waals surface area contributed by atoms with E-state index in [1.807, 2.05) is 55.6 Å². The SMILES string of the molecule is Cc1ncc(-c2ccc(OCCc3ccccc3)cc2)c(N2CCC(C)(C)CC2)c1CC(=O)O. The van der Waals surface area contributed by atoms with Crippen molar-refractivity contribution in [2.75, 3.05) is 24.6 Å². The van der Waals surface area contributed by atoms with Gasteiger partial charge in [-0.05, 0) is 48.4 Å². The fourth-order valence-corrected chi connectivity index (χ4v) is 4.57. The lowest BCUT2D eigenvalue weighted by Crippen LogP contribution is -2.38. The van der Waals surface area contributed by atoms with Gasteiger partial charge in [-0.3, -0.25) is 9.78 Å². The Morgan fingerprint density at radius 3 is 2.38 bits per heavy atom. The van der Waals surface area contributed by atoms with E-state index < -0.39 is 5.97 Å². The van der Waals surface area contributed by atoms with Crippen LogP contribution >= 0.6 is 0 Å². The molecular weight excluding hydrogens is 424 g/mol. The highest BCUT2D eigenvalue weighted by Gasteiger charge is 2.29. The van der Waals surface area contributed by atoms with Gasteiger partial charge >= 0.3 is 5.97 Å². The Morgan fingerprint density at radius 1 is 1.06 bits per heavy atom. The number of nitrogens with zero attached hydrogens (tertiary/aromatic N) is 2. The number of aromatic nitrogens is 1. The normalized spacial score (nSPS) is 15.2. The molecule has 2 heterocycles. The lowest BCUT2D eigenvalue weighted by Gasteiger charge is -2.40. The number of rotatable bonds is 8. The van der Waals surface area contributed by atoms with Crippen molar-refractivity contribution >= 4 is 11.7 Å². The Labute approximate surface area is 202 Å². The molecule has 0 amide bonds. The van der Waals surface area contributed by atoms with Gasteiger partial charge in [-0.2, -0.15) is 0 Å². The van der Waals surface area contributed by atoms with Crippen LogP contribution in [0.2, 0.25) is 0 Å². The number of anilines is 1. The number of aryl methyl sites for hydroxylation is 1. The number of pyridine rings is 1. The molecule has 178 valence electrons. The van der Waals surface area contributed by atoms with Crippen molar-refractivity contribution in [1.29, 1.82) is 0 Å². The minimum atomic E-state index is -0.831. The predicted octanol–water partition coefficient (Wildman–Crippen LogP) is 5.93. The van der Waals surface area contributed by atoms with Crippen LogP contribution < -0.4 is 9.64 Å². The molecule has 0 saturated carbocycles. The monoisotopic (exact) mass is 458 g/mol. The zero-order valence-electron chi connectivity index (χ0n) is 20.4. The van der Waals surface area contributed by atoms with Gasteiger partial charge in [-0.1, -0.05) is 56.3 Å². The van der Waals surface area contributed by atoms with E-state index in [4.69, 9.17) is 4.74 Å². The third-order valence-electron chi connectivity index (χ3n) is 6.79. The van der Waals surface area contributed by atoms with E-state index in [0.29, 0.717) is 12.0 Å². The fourth-order valence-electron chi connectivity index (χ4n) is 4.57. The Hall–Kier alpha value is -3.34. The summed E-state index contributed by atoms with van der Waals surface area (Å²) in [6.07, 6.45) is 4.88. The zero-order chi connectivity index (χ0) is 24.1. The maximum Gasteiger partial charge on any atom is 0.307 e. The third kappa shape index (κ3) is 5.77. The quantitative estimate of drug-likeness (QED) is 0.453. The molecule has 1 aromatic heterocycles. The summed E-state index contributed by atoms with van der Waals surface area (Å²) in [6.45, 7) is 8.96. The van der Waals surface area contributed by atoms with Crippen LogP contribution in [0.5, 0.6) is 5.75 Å². The Morgan fingerprint density at radius 2 is 1.74 bits per heavy atom. The second-order valence-corrected chi connectivity index (χ2v) is 9.91. The molecular formula is C29H34N2O3. The number of carbonyl (C=O) groups is 1. The largest absolute Gasteiger partial charge is 0.493 e. The number of aliphatic carboxylic acids is 1. The molecule has 1 fully saturated rings. The number of piperidine rings is 1. The lowest BCUT2D eigenvalue weighted by atomic mass is 9.82. The number of ether oxygens (including phenoxy) is 1. The van der Waals surface area contributed by atoms with Crippen LogP contribution in [-0.2, 0) is 17.6 Å². The highest BCUT2D eigenvalue weighted by atomic mass is 16.5. The molecule has 1 saturated heterocycles. The number of hydrogen-bond donors (Lipinski definition) is 1. The topological polar surface area (TPSA) is 62.7 Å². The second-order valence-electron chi connectivity index (χ2n) is 9.91. The van der Waals surface area contributed by atoms with Gasteiger partial charge in [0.1, 0.15) is 5.75 Å². The van der Waals surface area contributed by atoms with Crippen LogP contribution in [-0.4, -0.2) is 35.8 Å². The van der Waals surface area contributed by atoms with Gasteiger partial charge in [0.05, 0.1) is 18.7 Å². The molecule has 34 heavy (non-hydrogen) atoms. The summed E-state index contributed by atoms with van der Waals surface area (Å²) in [5.41, 5.74) is 6.18. The van der Waals surface area contributed by atoms with Gasteiger partial charge in [-0.25, -0.2) is 0 Å². The van der Waals surface area contributed by atoms with E-state index in [9.17, 15) is 9.90 Å². The summed E-state index contributed by atoms with van der Waals surface area (Å²) in [4.78, 5) is 18.6. The van der Waals surface area contributed by atoms with E-state index in [1.165, 1.54) is 5.56 Å². The van der Waals surface area contributed by atoms with Crippen molar-refractivity contribution < 1.29 is 14.6 Å². The van der Waals surface area contributed by atoms with Gasteiger partial charge in [-0.15, -0.1) is 0 Å². The Kier molecular flexibility index (Phi) is 7.20. The summed E-state index contributed by atoms with van der Waals surface area (Å²) in [5, 5.41) is 9.60. The molecule has 3 aromatic rings. The standard InChI is InChI=1S/C29H34N2O3/c1-21-25(19-27(32)33)28(31-16-14-29(2,3)15-17-31)26(20-30-21)23-9-11-24(12-10-23)34-18-13-22-7-5-4-6-8-22/h4-12,20H,13-19H2,1-3H3,(H,32,33). The van der Waals surface area contributed by atoms with E-state index in [2.05, 4.69) is 35.9 Å². The molecule has 2 aromatic carbocycles. The van der Waals surface area contributed by atoms with E-state index in [0.717, 1.165) is 66.2 Å². The van der Waals surface area contributed by atoms with Gasteiger partial charge < -0.3 is 14.7 Å². The number of benzene rings is 2. The van der Waals surface area contributed by atoms with Crippen LogP contribution in [0.3, 0.4) is 0 Å². The molecule has 0 bridgehead atoms. The summed E-state index contributed by atoms with van der Waals surface area (Å²) >= 11 is 0. The molecule has 0 spiro atoms. The number of carboxylic acid groups (broad SMARTS) is 1. The molecule has 0 unspecified atom stereocenters. The van der Waals surface area contributed by atoms with Crippen LogP contribution in [0.15, 0.2) is 60.8 Å². The van der Waals surface area contributed by atoms with Crippen molar-refractivity contribution in [1.82, 2.24) is 4.98 Å². The van der Waals surface area contributed by atoms with Crippen LogP contribution in [0.25, 0.3) is 11.1 Å². The highest BCUT2D eigenvalue weighted by molar-refractivity contribution is 5.84. The molecule has 0 atom stereocenters. The van der Waals surface area contributed by atoms with Crippen molar-refractivity contribution in [2.45, 2.75) is 46.5 Å². The third-order valence-corrected chi connectivity index (χ3v) is 6.79. The second kappa shape index (κ2) is 10.3. The van der Waals surface area contributed by atoms with E-state index in [-0.39, 0.29) is 6.42 Å². The molecule has 1 N–H and O–H groups in total. The van der Waals surface area contributed by atoms with Crippen LogP contribution in [0.1, 0.15) is 43.5 Å². The van der Waals surface area contributed by atoms with Crippen LogP contribution in [0, 0.1) is 12.3 Å². The zero-order valence-corrected chi connectivity index (χ0v) is 20.4. The first-order valence-electron chi connectivity index (χ1n) is 12.0. The minimum Gasteiger partial charge on any atom is -0.493 e. The Balaban J connectivity index is 1.58. The number of carboxylic acids is 1. The molecule has 4 rings (SSSR count). The van der Waals surface area contributed by atoms with Crippen molar-refractivity contribution in [3.63, 3.8) is 0 Å². The van der Waals surface area contributed by atoms with Crippen molar-refractivity contribution in [2.24, 2.45) is 5.41 Å². The fraction of sp³-hybridized carbons (Fsp3) is 0.379. The molecule has 5 nitrogen and oxygen atoms in total. The smallest absolute Gasteiger partial charge is 0.307 e. The summed E-state index contributed by atoms with van der Waals surface area (Å²) < 4.78 is 5.96. The first-order chi connectivity index (χ1) is 16.3. The van der Waals surface area contributed by atoms with Gasteiger partial charge in [0.25, 0.3) is 0 Å². The average Bonchev–Trinajstić information content (AvgIpc) is 2.82. The first-order valence-corrected chi connectivity index (χ1v) is 12.0. The van der Waals surface area contributed by atoms with Gasteiger partial charge in [0.15, 0.2) is 0 Å². The minimum absolute atomic E-state index is 0.0252. The summed E-state index contributed by atoms with van der Waals surface area (Å²) in [7, 11) is 0. The first kappa shape index (κ1) is 23.8. The maximum absolute atomic E-state index is 11.7. The van der Waals surface area contributed by atoms with Crippen LogP contribution in [0.4, 0.5) is 5.69 Å². The van der Waals surface area contributed by atoms with Gasteiger partial charge in [0, 0.05) is 42.5 Å². The van der Waals surface area contributed by atoms with E-state index in [1.54, 1.807) is 0 Å². The lowest BCUT2D eigenvalue weighted by molar-refractivity contribution is -0.136. The van der Waals surface area contributed by atoms with Crippen molar-refractivity contribution in [3.8, 4) is 16.9 Å². The number of hydrogen-bond acceptors (Lipinski definition) is 4. The molecule has 0 radical (unpaired) electrons. The van der Waals surface area contributed by atoms with E-state index >= 15 is 0 Å². The summed E-state index contributed by atoms with van der Waals surface area (Å²) in [6, 6.07) is 18.4. The summed E-state index contributed by atoms with van der Waals surface area (Å²) in [5.74, 6) is -0.00501. The Bertz CT molecular complexity index is 1110. The van der Waals surface area contributed by atoms with Crippen molar-refractivity contribution in [3.05, 3.63) is 77.6 Å². The molecule has 1 aliphatic rings. The molecule has 1 aliphatic heterocycles. The molecule has 0 aliphatic carbocycles. The highest BCUT2D eigenvalue weighted by Crippen LogP contribution is 2.40. The molecule has 5 heteroatoms. The predicted molar refractivity (Wildman–Crippen MR) is 137 cm³/mol. The average molecular weight is 459 g/mol.